The Balaban J connectivity index is 2.63. The van der Waals surface area contributed by atoms with Gasteiger partial charge in [-0.2, -0.15) is 0 Å². The fraction of sp³-hybridized carbons (Fsp3) is 0.909. The number of methoxy groups -OCH3 is 1. The summed E-state index contributed by atoms with van der Waals surface area (Å²) in [5.74, 6) is 0.163. The van der Waals surface area contributed by atoms with E-state index in [1.807, 2.05) is 6.92 Å². The highest BCUT2D eigenvalue weighted by Crippen LogP contribution is 2.18. The number of hydrogen-bond acceptors (Lipinski definition) is 5. The van der Waals surface area contributed by atoms with Crippen molar-refractivity contribution in [2.24, 2.45) is 5.73 Å². The van der Waals surface area contributed by atoms with E-state index in [0.717, 1.165) is 0 Å². The van der Waals surface area contributed by atoms with Crippen molar-refractivity contribution in [2.75, 3.05) is 31.7 Å². The summed E-state index contributed by atoms with van der Waals surface area (Å²) >= 11 is 0. The van der Waals surface area contributed by atoms with Gasteiger partial charge in [0.2, 0.25) is 5.91 Å². The molecule has 0 spiro atoms. The zero-order valence-corrected chi connectivity index (χ0v) is 11.8. The Hall–Kier alpha value is -0.660. The molecule has 1 heterocycles. The summed E-state index contributed by atoms with van der Waals surface area (Å²) in [5.41, 5.74) is 5.48. The summed E-state index contributed by atoms with van der Waals surface area (Å²) in [6.07, 6.45) is 0.434. The fourth-order valence-corrected chi connectivity index (χ4v) is 3.97. The normalized spacial score (nSPS) is 23.8. The van der Waals surface area contributed by atoms with Crippen molar-refractivity contribution in [3.63, 3.8) is 0 Å². The molecular weight excluding hydrogens is 256 g/mol. The second kappa shape index (κ2) is 6.49. The van der Waals surface area contributed by atoms with E-state index in [1.54, 1.807) is 4.90 Å². The van der Waals surface area contributed by atoms with Crippen LogP contribution in [0.5, 0.6) is 0 Å². The minimum absolute atomic E-state index is 0.0762. The third kappa shape index (κ3) is 3.93. The van der Waals surface area contributed by atoms with Crippen molar-refractivity contribution in [3.05, 3.63) is 0 Å². The summed E-state index contributed by atoms with van der Waals surface area (Å²) in [4.78, 5) is 13.7. The number of sulfone groups is 1. The lowest BCUT2D eigenvalue weighted by Crippen LogP contribution is -2.43. The van der Waals surface area contributed by atoms with Gasteiger partial charge in [-0.25, -0.2) is 8.42 Å². The van der Waals surface area contributed by atoms with Crippen molar-refractivity contribution < 1.29 is 17.9 Å². The molecule has 1 saturated heterocycles. The molecule has 2 N–H and O–H groups in total. The highest BCUT2D eigenvalue weighted by Gasteiger charge is 2.34. The zero-order chi connectivity index (χ0) is 13.8. The monoisotopic (exact) mass is 278 g/mol. The molecule has 0 aromatic carbocycles. The number of carbonyl (C=O) groups is 1. The van der Waals surface area contributed by atoms with Crippen LogP contribution < -0.4 is 5.73 Å². The van der Waals surface area contributed by atoms with Gasteiger partial charge in [-0.3, -0.25) is 4.79 Å². The quantitative estimate of drug-likeness (QED) is 0.700. The first-order valence-corrected chi connectivity index (χ1v) is 7.98. The summed E-state index contributed by atoms with van der Waals surface area (Å²) < 4.78 is 27.9. The standard InChI is InChI=1S/C11H22N2O4S/c1-3-13(9-4-5-18(15,16)8-9)11(14)6-10(7-12)17-2/h9-10H,3-8,12H2,1-2H3. The summed E-state index contributed by atoms with van der Waals surface area (Å²) in [6.45, 7) is 2.65. The average Bonchev–Trinajstić information content (AvgIpc) is 2.67. The van der Waals surface area contributed by atoms with Crippen LogP contribution in [0.3, 0.4) is 0 Å². The molecule has 1 aliphatic heterocycles. The number of hydrogen-bond donors (Lipinski definition) is 1. The van der Waals surface area contributed by atoms with Crippen LogP contribution in [0.1, 0.15) is 19.8 Å². The number of amides is 1. The molecule has 0 aliphatic carbocycles. The maximum absolute atomic E-state index is 12.1. The van der Waals surface area contributed by atoms with Crippen molar-refractivity contribution in [1.82, 2.24) is 4.90 Å². The van der Waals surface area contributed by atoms with Gasteiger partial charge in [-0.05, 0) is 13.3 Å². The number of nitrogens with zero attached hydrogens (tertiary/aromatic N) is 1. The fourth-order valence-electron chi connectivity index (χ4n) is 2.23. The van der Waals surface area contributed by atoms with Gasteiger partial charge in [-0.1, -0.05) is 0 Å². The molecule has 1 fully saturated rings. The molecule has 2 atom stereocenters. The first-order valence-electron chi connectivity index (χ1n) is 6.16. The molecule has 7 heteroatoms. The van der Waals surface area contributed by atoms with Gasteiger partial charge in [0, 0.05) is 26.2 Å². The molecule has 0 bridgehead atoms. The summed E-state index contributed by atoms with van der Waals surface area (Å²) in [7, 11) is -1.46. The molecule has 18 heavy (non-hydrogen) atoms. The second-order valence-corrected chi connectivity index (χ2v) is 6.76. The Labute approximate surface area is 108 Å². The number of ether oxygens (including phenoxy) is 1. The van der Waals surface area contributed by atoms with Gasteiger partial charge in [-0.15, -0.1) is 0 Å². The Kier molecular flexibility index (Phi) is 5.55. The number of nitrogens with two attached hydrogens (primary N) is 1. The van der Waals surface area contributed by atoms with E-state index >= 15 is 0 Å². The van der Waals surface area contributed by atoms with Crippen LogP contribution in [0.15, 0.2) is 0 Å². The lowest BCUT2D eigenvalue weighted by molar-refractivity contribution is -0.135. The molecule has 0 aromatic heterocycles. The highest BCUT2D eigenvalue weighted by atomic mass is 32.2. The number of carbonyl (C=O) groups excluding carboxylic acids is 1. The van der Waals surface area contributed by atoms with Crippen LogP contribution in [0, 0.1) is 0 Å². The van der Waals surface area contributed by atoms with Crippen LogP contribution in [0.4, 0.5) is 0 Å². The Bertz CT molecular complexity index is 379. The summed E-state index contributed by atoms with van der Waals surface area (Å²) in [5, 5.41) is 0. The first kappa shape index (κ1) is 15.4. The third-order valence-corrected chi connectivity index (χ3v) is 5.06. The topological polar surface area (TPSA) is 89.7 Å². The van der Waals surface area contributed by atoms with Crippen LogP contribution in [0.25, 0.3) is 0 Å². The number of rotatable bonds is 6. The maximum atomic E-state index is 12.1. The van der Waals surface area contributed by atoms with Crippen LogP contribution in [-0.4, -0.2) is 63.1 Å². The van der Waals surface area contributed by atoms with E-state index in [4.69, 9.17) is 10.5 Å². The minimum atomic E-state index is -2.97. The molecule has 1 aliphatic rings. The Morgan fingerprint density at radius 3 is 2.61 bits per heavy atom. The molecule has 1 rings (SSSR count). The Morgan fingerprint density at radius 1 is 1.56 bits per heavy atom. The zero-order valence-electron chi connectivity index (χ0n) is 11.0. The van der Waals surface area contributed by atoms with Gasteiger partial charge in [0.25, 0.3) is 0 Å². The van der Waals surface area contributed by atoms with Crippen molar-refractivity contribution in [2.45, 2.75) is 31.9 Å². The van der Waals surface area contributed by atoms with E-state index in [0.29, 0.717) is 13.0 Å². The van der Waals surface area contributed by atoms with E-state index in [9.17, 15) is 13.2 Å². The SMILES string of the molecule is CCN(C(=O)CC(CN)OC)C1CCS(=O)(=O)C1. The van der Waals surface area contributed by atoms with Crippen LogP contribution in [0.2, 0.25) is 0 Å². The molecule has 0 saturated carbocycles. The largest absolute Gasteiger partial charge is 0.380 e. The van der Waals surface area contributed by atoms with Gasteiger partial charge < -0.3 is 15.4 Å². The van der Waals surface area contributed by atoms with Crippen molar-refractivity contribution >= 4 is 15.7 Å². The van der Waals surface area contributed by atoms with E-state index < -0.39 is 9.84 Å². The van der Waals surface area contributed by atoms with Gasteiger partial charge >= 0.3 is 0 Å². The molecule has 1 amide bonds. The van der Waals surface area contributed by atoms with Crippen LogP contribution >= 0.6 is 0 Å². The van der Waals surface area contributed by atoms with Crippen LogP contribution in [-0.2, 0) is 19.4 Å². The minimum Gasteiger partial charge on any atom is -0.380 e. The first-order chi connectivity index (χ1) is 8.43. The maximum Gasteiger partial charge on any atom is 0.225 e. The predicted octanol–water partition coefficient (Wildman–Crippen LogP) is -0.614. The third-order valence-electron chi connectivity index (χ3n) is 3.31. The van der Waals surface area contributed by atoms with E-state index in [1.165, 1.54) is 7.11 Å². The lowest BCUT2D eigenvalue weighted by atomic mass is 10.1. The molecule has 6 nitrogen and oxygen atoms in total. The van der Waals surface area contributed by atoms with E-state index in [2.05, 4.69) is 0 Å². The van der Waals surface area contributed by atoms with Gasteiger partial charge in [0.15, 0.2) is 9.84 Å². The molecule has 0 radical (unpaired) electrons. The van der Waals surface area contributed by atoms with Gasteiger partial charge in [0.05, 0.1) is 24.0 Å². The Morgan fingerprint density at radius 2 is 2.22 bits per heavy atom. The average molecular weight is 278 g/mol. The lowest BCUT2D eigenvalue weighted by Gasteiger charge is -2.28. The second-order valence-electron chi connectivity index (χ2n) is 4.53. The van der Waals surface area contributed by atoms with Crippen molar-refractivity contribution in [3.8, 4) is 0 Å². The molecule has 2 unspecified atom stereocenters. The highest BCUT2D eigenvalue weighted by molar-refractivity contribution is 7.91. The van der Waals surface area contributed by atoms with E-state index in [-0.39, 0.29) is 42.5 Å². The predicted molar refractivity (Wildman–Crippen MR) is 68.9 cm³/mol. The van der Waals surface area contributed by atoms with Crippen molar-refractivity contribution in [1.29, 1.82) is 0 Å². The smallest absolute Gasteiger partial charge is 0.225 e. The molecule has 0 aromatic rings. The van der Waals surface area contributed by atoms with Gasteiger partial charge in [0.1, 0.15) is 0 Å². The molecular formula is C11H22N2O4S. The summed E-state index contributed by atoms with van der Waals surface area (Å²) in [6, 6.07) is -0.192. The molecule has 106 valence electrons.